The van der Waals surface area contributed by atoms with Crippen LogP contribution in [0.25, 0.3) is 0 Å². The number of rotatable bonds is 7. The molecule has 0 saturated carbocycles. The Kier molecular flexibility index (Phi) is 9.70. The summed E-state index contributed by atoms with van der Waals surface area (Å²) >= 11 is 0. The maximum atomic E-state index is 12.9. The fraction of sp³-hybridized carbons (Fsp3) is 0.391. The lowest BCUT2D eigenvalue weighted by atomic mass is 10.1. The Morgan fingerprint density at radius 1 is 0.972 bits per heavy atom. The van der Waals surface area contributed by atoms with E-state index in [1.54, 1.807) is 30.3 Å². The molecule has 3 N–H and O–H groups in total. The summed E-state index contributed by atoms with van der Waals surface area (Å²) in [7, 11) is -3.84. The third kappa shape index (κ3) is 7.85. The van der Waals surface area contributed by atoms with Gasteiger partial charge in [0.15, 0.2) is 0 Å². The number of piperazine rings is 1. The van der Waals surface area contributed by atoms with Crippen molar-refractivity contribution in [3.63, 3.8) is 0 Å². The Hall–Kier alpha value is -3.32. The summed E-state index contributed by atoms with van der Waals surface area (Å²) < 4.78 is 60.2. The summed E-state index contributed by atoms with van der Waals surface area (Å²) in [5, 5.41) is 16.5. The van der Waals surface area contributed by atoms with E-state index in [4.69, 9.17) is 9.90 Å². The number of aromatic carboxylic acids is 1. The number of halogens is 3. The largest absolute Gasteiger partial charge is 0.490 e. The summed E-state index contributed by atoms with van der Waals surface area (Å²) in [4.78, 5) is 24.9. The van der Waals surface area contributed by atoms with Crippen LogP contribution < -0.4 is 9.62 Å². The smallest absolute Gasteiger partial charge is 0.478 e. The number of hydrogen-bond acceptors (Lipinski definition) is 6. The molecule has 0 spiro atoms. The van der Waals surface area contributed by atoms with E-state index in [2.05, 4.69) is 21.4 Å². The molecule has 198 valence electrons. The molecule has 0 aromatic heterocycles. The predicted octanol–water partition coefficient (Wildman–Crippen LogP) is 3.52. The normalized spacial score (nSPS) is 14.5. The molecule has 0 amide bonds. The van der Waals surface area contributed by atoms with Crippen LogP contribution in [0.3, 0.4) is 0 Å². The van der Waals surface area contributed by atoms with Gasteiger partial charge in [-0.2, -0.15) is 13.2 Å². The fourth-order valence-electron chi connectivity index (χ4n) is 3.44. The number of sulfonamides is 1. The van der Waals surface area contributed by atoms with Gasteiger partial charge in [-0.15, -0.1) is 0 Å². The minimum absolute atomic E-state index is 0.0416. The minimum atomic E-state index is -5.08. The summed E-state index contributed by atoms with van der Waals surface area (Å²) in [5.41, 5.74) is 2.07. The van der Waals surface area contributed by atoms with Crippen molar-refractivity contribution < 1.29 is 41.4 Å². The number of carbonyl (C=O) groups is 2. The van der Waals surface area contributed by atoms with Gasteiger partial charge in [0.2, 0.25) is 0 Å². The first kappa shape index (κ1) is 28.9. The number of likely N-dealkylation sites (N-methyl/N-ethyl adjacent to an activating group) is 1. The molecule has 2 aromatic carbocycles. The van der Waals surface area contributed by atoms with Gasteiger partial charge in [-0.1, -0.05) is 26.0 Å². The van der Waals surface area contributed by atoms with Gasteiger partial charge in [-0.25, -0.2) is 18.0 Å². The van der Waals surface area contributed by atoms with Crippen LogP contribution in [-0.4, -0.2) is 74.4 Å². The second-order valence-electron chi connectivity index (χ2n) is 7.86. The number of nitrogens with one attached hydrogen (secondary N) is 1. The summed E-state index contributed by atoms with van der Waals surface area (Å²) in [6.45, 7) is 8.34. The SMILES string of the molecule is CCc1ccc(S(=O)(=O)Nc2cc(C(=O)O)ccc2N2CCN(CC)CC2)cc1.O=C(O)C(F)(F)F. The molecule has 0 aliphatic carbocycles. The summed E-state index contributed by atoms with van der Waals surface area (Å²) in [5.74, 6) is -3.85. The lowest BCUT2D eigenvalue weighted by Gasteiger charge is -2.36. The Bertz CT molecular complexity index is 1160. The molecule has 36 heavy (non-hydrogen) atoms. The maximum absolute atomic E-state index is 12.9. The van der Waals surface area contributed by atoms with Crippen molar-refractivity contribution in [1.82, 2.24) is 4.90 Å². The van der Waals surface area contributed by atoms with E-state index in [9.17, 15) is 31.5 Å². The molecule has 2 aromatic rings. The minimum Gasteiger partial charge on any atom is -0.478 e. The molecular weight excluding hydrogens is 503 g/mol. The molecule has 3 rings (SSSR count). The van der Waals surface area contributed by atoms with Gasteiger partial charge in [0.05, 0.1) is 21.8 Å². The monoisotopic (exact) mass is 531 g/mol. The lowest BCUT2D eigenvalue weighted by Crippen LogP contribution is -2.46. The fourth-order valence-corrected chi connectivity index (χ4v) is 4.50. The van der Waals surface area contributed by atoms with Crippen LogP contribution in [0.5, 0.6) is 0 Å². The third-order valence-electron chi connectivity index (χ3n) is 5.53. The molecule has 1 aliphatic heterocycles. The van der Waals surface area contributed by atoms with Crippen molar-refractivity contribution in [2.75, 3.05) is 42.3 Å². The first-order valence-corrected chi connectivity index (χ1v) is 12.5. The number of carboxylic acids is 2. The highest BCUT2D eigenvalue weighted by atomic mass is 32.2. The van der Waals surface area contributed by atoms with Crippen molar-refractivity contribution in [3.8, 4) is 0 Å². The van der Waals surface area contributed by atoms with E-state index in [0.717, 1.165) is 44.7 Å². The average molecular weight is 532 g/mol. The molecule has 0 radical (unpaired) electrons. The molecule has 9 nitrogen and oxygen atoms in total. The topological polar surface area (TPSA) is 127 Å². The lowest BCUT2D eigenvalue weighted by molar-refractivity contribution is -0.192. The standard InChI is InChI=1S/C21H27N3O4S.C2HF3O2/c1-3-16-5-8-18(9-6-16)29(27,28)22-19-15-17(21(25)26)7-10-20(19)24-13-11-23(4-2)12-14-24;3-2(4,5)1(6)7/h5-10,15,22H,3-4,11-14H2,1-2H3,(H,25,26);(H,6,7). The number of benzene rings is 2. The highest BCUT2D eigenvalue weighted by Gasteiger charge is 2.38. The van der Waals surface area contributed by atoms with Crippen molar-refractivity contribution in [2.45, 2.75) is 31.3 Å². The molecule has 1 heterocycles. The van der Waals surface area contributed by atoms with Gasteiger partial charge >= 0.3 is 18.1 Å². The average Bonchev–Trinajstić information content (AvgIpc) is 2.83. The first-order valence-electron chi connectivity index (χ1n) is 11.0. The molecule has 0 unspecified atom stereocenters. The predicted molar refractivity (Wildman–Crippen MR) is 128 cm³/mol. The Balaban J connectivity index is 0.000000572. The zero-order chi connectivity index (χ0) is 27.1. The molecule has 13 heteroatoms. The van der Waals surface area contributed by atoms with Crippen LogP contribution in [-0.2, 0) is 21.2 Å². The van der Waals surface area contributed by atoms with Crippen LogP contribution in [0.1, 0.15) is 29.8 Å². The van der Waals surface area contributed by atoms with Crippen LogP contribution in [0.4, 0.5) is 24.5 Å². The van der Waals surface area contributed by atoms with Crippen LogP contribution in [0.2, 0.25) is 0 Å². The molecular formula is C23H28F3N3O6S. The molecule has 0 atom stereocenters. The van der Waals surface area contributed by atoms with Crippen LogP contribution in [0.15, 0.2) is 47.4 Å². The summed E-state index contributed by atoms with van der Waals surface area (Å²) in [6, 6.07) is 11.3. The highest BCUT2D eigenvalue weighted by Crippen LogP contribution is 2.30. The van der Waals surface area contributed by atoms with Crippen molar-refractivity contribution in [1.29, 1.82) is 0 Å². The van der Waals surface area contributed by atoms with Crippen LogP contribution in [0, 0.1) is 0 Å². The van der Waals surface area contributed by atoms with E-state index in [1.165, 1.54) is 12.1 Å². The first-order chi connectivity index (χ1) is 16.8. The zero-order valence-electron chi connectivity index (χ0n) is 19.7. The quantitative estimate of drug-likeness (QED) is 0.495. The molecule has 1 saturated heterocycles. The van der Waals surface area contributed by atoms with Crippen LogP contribution >= 0.6 is 0 Å². The number of aryl methyl sites for hydroxylation is 1. The second-order valence-corrected chi connectivity index (χ2v) is 9.55. The third-order valence-corrected chi connectivity index (χ3v) is 6.91. The van der Waals surface area contributed by atoms with E-state index in [1.807, 2.05) is 6.92 Å². The van der Waals surface area contributed by atoms with E-state index in [-0.39, 0.29) is 16.1 Å². The maximum Gasteiger partial charge on any atom is 0.490 e. The summed E-state index contributed by atoms with van der Waals surface area (Å²) in [6.07, 6.45) is -4.26. The number of anilines is 2. The number of alkyl halides is 3. The zero-order valence-corrected chi connectivity index (χ0v) is 20.6. The Labute approximate surface area is 207 Å². The van der Waals surface area contributed by atoms with Gasteiger partial charge in [0.25, 0.3) is 10.0 Å². The van der Waals surface area contributed by atoms with E-state index >= 15 is 0 Å². The number of aliphatic carboxylic acids is 1. The van der Waals surface area contributed by atoms with Gasteiger partial charge in [0, 0.05) is 26.2 Å². The van der Waals surface area contributed by atoms with Gasteiger partial charge in [-0.3, -0.25) is 4.72 Å². The molecule has 1 aliphatic rings. The van der Waals surface area contributed by atoms with Crippen molar-refractivity contribution in [2.24, 2.45) is 0 Å². The van der Waals surface area contributed by atoms with Gasteiger partial charge in [-0.05, 0) is 48.9 Å². The van der Waals surface area contributed by atoms with Crippen molar-refractivity contribution >= 4 is 33.3 Å². The van der Waals surface area contributed by atoms with E-state index < -0.39 is 28.1 Å². The van der Waals surface area contributed by atoms with Gasteiger partial charge in [0.1, 0.15) is 0 Å². The van der Waals surface area contributed by atoms with Gasteiger partial charge < -0.3 is 20.0 Å². The Morgan fingerprint density at radius 3 is 1.97 bits per heavy atom. The molecule has 0 bridgehead atoms. The highest BCUT2D eigenvalue weighted by molar-refractivity contribution is 7.92. The second kappa shape index (κ2) is 12.1. The number of hydrogen-bond donors (Lipinski definition) is 3. The Morgan fingerprint density at radius 2 is 1.53 bits per heavy atom. The van der Waals surface area contributed by atoms with Crippen molar-refractivity contribution in [3.05, 3.63) is 53.6 Å². The van der Waals surface area contributed by atoms with E-state index in [0.29, 0.717) is 5.69 Å². The molecule has 1 fully saturated rings. The number of carboxylic acid groups (broad SMARTS) is 2. The number of nitrogens with zero attached hydrogens (tertiary/aromatic N) is 2.